The van der Waals surface area contributed by atoms with E-state index in [9.17, 15) is 13.2 Å². The normalized spacial score (nSPS) is 11.8. The number of hydrogen-bond donors (Lipinski definition) is 1. The van der Waals surface area contributed by atoms with Gasteiger partial charge in [0.15, 0.2) is 0 Å². The molecule has 0 spiro atoms. The number of alkyl halides is 3. The number of rotatable bonds is 2. The third-order valence-electron chi connectivity index (χ3n) is 2.31. The summed E-state index contributed by atoms with van der Waals surface area (Å²) < 4.78 is 38.5. The van der Waals surface area contributed by atoms with Crippen LogP contribution in [0.4, 0.5) is 13.2 Å². The van der Waals surface area contributed by atoms with Crippen molar-refractivity contribution in [3.8, 4) is 5.69 Å². The number of halogens is 3. The molecule has 2 N–H and O–H groups in total. The van der Waals surface area contributed by atoms with Gasteiger partial charge in [-0.3, -0.25) is 0 Å². The van der Waals surface area contributed by atoms with E-state index in [1.165, 1.54) is 16.8 Å². The van der Waals surface area contributed by atoms with Gasteiger partial charge < -0.3 is 5.73 Å². The molecule has 0 saturated carbocycles. The van der Waals surface area contributed by atoms with E-state index < -0.39 is 11.7 Å². The van der Waals surface area contributed by atoms with Gasteiger partial charge in [-0.2, -0.15) is 18.3 Å². The Balaban J connectivity index is 2.29. The number of aromatic nitrogens is 2. The van der Waals surface area contributed by atoms with Gasteiger partial charge in [-0.15, -0.1) is 0 Å². The first-order valence-electron chi connectivity index (χ1n) is 4.93. The van der Waals surface area contributed by atoms with E-state index in [1.54, 1.807) is 12.3 Å². The topological polar surface area (TPSA) is 43.8 Å². The van der Waals surface area contributed by atoms with Gasteiger partial charge in [0, 0.05) is 12.7 Å². The molecule has 0 atom stereocenters. The minimum absolute atomic E-state index is 0.299. The van der Waals surface area contributed by atoms with Crippen molar-refractivity contribution in [1.82, 2.24) is 9.78 Å². The second-order valence-corrected chi connectivity index (χ2v) is 3.50. The van der Waals surface area contributed by atoms with Gasteiger partial charge in [-0.25, -0.2) is 4.68 Å². The highest BCUT2D eigenvalue weighted by atomic mass is 19.4. The predicted octanol–water partition coefficient (Wildman–Crippen LogP) is 2.35. The standard InChI is InChI=1S/C11H10F3N3/c12-11(13,14)8-1-3-10(4-2-8)17-6-5-9(7-15)16-17/h1-6H,7,15H2. The second kappa shape index (κ2) is 4.21. The Labute approximate surface area is 95.7 Å². The van der Waals surface area contributed by atoms with E-state index in [4.69, 9.17) is 5.73 Å². The summed E-state index contributed by atoms with van der Waals surface area (Å²) >= 11 is 0. The second-order valence-electron chi connectivity index (χ2n) is 3.50. The Morgan fingerprint density at radius 2 is 1.76 bits per heavy atom. The molecule has 1 aromatic carbocycles. The van der Waals surface area contributed by atoms with Gasteiger partial charge in [0.2, 0.25) is 0 Å². The zero-order valence-electron chi connectivity index (χ0n) is 8.78. The fraction of sp³-hybridized carbons (Fsp3) is 0.182. The fourth-order valence-corrected chi connectivity index (χ4v) is 1.42. The number of benzene rings is 1. The maximum atomic E-state index is 12.3. The molecule has 0 saturated heterocycles. The Morgan fingerprint density at radius 3 is 2.24 bits per heavy atom. The molecule has 1 aromatic heterocycles. The van der Waals surface area contributed by atoms with Crippen molar-refractivity contribution >= 4 is 0 Å². The molecule has 0 aliphatic carbocycles. The molecule has 0 bridgehead atoms. The van der Waals surface area contributed by atoms with Crippen molar-refractivity contribution in [2.45, 2.75) is 12.7 Å². The smallest absolute Gasteiger partial charge is 0.325 e. The van der Waals surface area contributed by atoms with Crippen LogP contribution in [0, 0.1) is 0 Å². The average Bonchev–Trinajstić information content (AvgIpc) is 2.76. The van der Waals surface area contributed by atoms with E-state index in [1.807, 2.05) is 0 Å². The zero-order valence-corrected chi connectivity index (χ0v) is 8.78. The van der Waals surface area contributed by atoms with E-state index in [0.29, 0.717) is 17.9 Å². The minimum atomic E-state index is -4.31. The maximum absolute atomic E-state index is 12.3. The molecular formula is C11H10F3N3. The summed E-state index contributed by atoms with van der Waals surface area (Å²) in [5.41, 5.74) is 5.98. The maximum Gasteiger partial charge on any atom is 0.416 e. The van der Waals surface area contributed by atoms with E-state index in [2.05, 4.69) is 5.10 Å². The van der Waals surface area contributed by atoms with Gasteiger partial charge >= 0.3 is 6.18 Å². The van der Waals surface area contributed by atoms with Crippen molar-refractivity contribution in [3.05, 3.63) is 47.8 Å². The summed E-state index contributed by atoms with van der Waals surface area (Å²) in [5, 5.41) is 4.10. The Kier molecular flexibility index (Phi) is 2.89. The number of nitrogens with zero attached hydrogens (tertiary/aromatic N) is 2. The van der Waals surface area contributed by atoms with Gasteiger partial charge in [0.25, 0.3) is 0 Å². The fourth-order valence-electron chi connectivity index (χ4n) is 1.42. The molecule has 0 radical (unpaired) electrons. The number of hydrogen-bond acceptors (Lipinski definition) is 2. The van der Waals surface area contributed by atoms with Crippen LogP contribution in [0.5, 0.6) is 0 Å². The average molecular weight is 241 g/mol. The molecule has 2 rings (SSSR count). The lowest BCUT2D eigenvalue weighted by molar-refractivity contribution is -0.137. The summed E-state index contributed by atoms with van der Waals surface area (Å²) in [7, 11) is 0. The Morgan fingerprint density at radius 1 is 1.12 bits per heavy atom. The molecule has 0 aliphatic heterocycles. The Hall–Kier alpha value is -1.82. The highest BCUT2D eigenvalue weighted by molar-refractivity contribution is 5.35. The lowest BCUT2D eigenvalue weighted by Crippen LogP contribution is -2.05. The molecule has 3 nitrogen and oxygen atoms in total. The molecule has 0 fully saturated rings. The summed E-state index contributed by atoms with van der Waals surface area (Å²) in [5.74, 6) is 0. The van der Waals surface area contributed by atoms with Gasteiger partial charge in [0.1, 0.15) is 0 Å². The van der Waals surface area contributed by atoms with E-state index >= 15 is 0 Å². The van der Waals surface area contributed by atoms with Crippen LogP contribution in [0.2, 0.25) is 0 Å². The highest BCUT2D eigenvalue weighted by Crippen LogP contribution is 2.29. The molecule has 0 amide bonds. The molecule has 17 heavy (non-hydrogen) atoms. The lowest BCUT2D eigenvalue weighted by Gasteiger charge is -2.07. The van der Waals surface area contributed by atoms with Crippen LogP contribution in [0.25, 0.3) is 5.69 Å². The lowest BCUT2D eigenvalue weighted by atomic mass is 10.2. The summed E-state index contributed by atoms with van der Waals surface area (Å²) in [4.78, 5) is 0. The molecule has 0 unspecified atom stereocenters. The first-order valence-corrected chi connectivity index (χ1v) is 4.93. The van der Waals surface area contributed by atoms with Gasteiger partial charge in [-0.05, 0) is 30.3 Å². The van der Waals surface area contributed by atoms with Crippen molar-refractivity contribution < 1.29 is 13.2 Å². The monoisotopic (exact) mass is 241 g/mol. The minimum Gasteiger partial charge on any atom is -0.325 e. The van der Waals surface area contributed by atoms with Crippen molar-refractivity contribution in [1.29, 1.82) is 0 Å². The third-order valence-corrected chi connectivity index (χ3v) is 2.31. The van der Waals surface area contributed by atoms with Crippen LogP contribution in [-0.4, -0.2) is 9.78 Å². The van der Waals surface area contributed by atoms with Gasteiger partial charge in [0.05, 0.1) is 16.9 Å². The largest absolute Gasteiger partial charge is 0.416 e. The van der Waals surface area contributed by atoms with Crippen LogP contribution >= 0.6 is 0 Å². The van der Waals surface area contributed by atoms with Crippen molar-refractivity contribution in [2.75, 3.05) is 0 Å². The van der Waals surface area contributed by atoms with Crippen molar-refractivity contribution in [2.24, 2.45) is 5.73 Å². The van der Waals surface area contributed by atoms with Crippen LogP contribution in [0.3, 0.4) is 0 Å². The van der Waals surface area contributed by atoms with Gasteiger partial charge in [-0.1, -0.05) is 0 Å². The van der Waals surface area contributed by atoms with Crippen LogP contribution < -0.4 is 5.73 Å². The summed E-state index contributed by atoms with van der Waals surface area (Å²) in [6.07, 6.45) is -2.66. The summed E-state index contributed by atoms with van der Waals surface area (Å²) in [6, 6.07) is 6.52. The van der Waals surface area contributed by atoms with Crippen LogP contribution in [-0.2, 0) is 12.7 Å². The molecule has 6 heteroatoms. The number of nitrogens with two attached hydrogens (primary N) is 1. The zero-order chi connectivity index (χ0) is 12.5. The van der Waals surface area contributed by atoms with Crippen molar-refractivity contribution in [3.63, 3.8) is 0 Å². The SMILES string of the molecule is NCc1ccn(-c2ccc(C(F)(F)F)cc2)n1. The molecular weight excluding hydrogens is 231 g/mol. The quantitative estimate of drug-likeness (QED) is 0.877. The first-order chi connectivity index (χ1) is 8.00. The predicted molar refractivity (Wildman–Crippen MR) is 56.5 cm³/mol. The Bertz CT molecular complexity index is 499. The highest BCUT2D eigenvalue weighted by Gasteiger charge is 2.29. The van der Waals surface area contributed by atoms with E-state index in [0.717, 1.165) is 12.1 Å². The molecule has 0 aliphatic rings. The van der Waals surface area contributed by atoms with Crippen LogP contribution in [0.15, 0.2) is 36.5 Å². The van der Waals surface area contributed by atoms with E-state index in [-0.39, 0.29) is 0 Å². The molecule has 2 aromatic rings. The third kappa shape index (κ3) is 2.47. The summed E-state index contributed by atoms with van der Waals surface area (Å²) in [6.45, 7) is 0.299. The molecule has 90 valence electrons. The molecule has 1 heterocycles. The first kappa shape index (κ1) is 11.7. The van der Waals surface area contributed by atoms with Crippen LogP contribution in [0.1, 0.15) is 11.3 Å².